The van der Waals surface area contributed by atoms with Crippen LogP contribution in [0.25, 0.3) is 0 Å². The monoisotopic (exact) mass is 227 g/mol. The van der Waals surface area contributed by atoms with Crippen LogP contribution in [-0.4, -0.2) is 50.1 Å². The predicted molar refractivity (Wildman–Crippen MR) is 66.4 cm³/mol. The smallest absolute Gasteiger partial charge is 0.234 e. The van der Waals surface area contributed by atoms with Crippen LogP contribution < -0.4 is 10.6 Å². The van der Waals surface area contributed by atoms with E-state index in [0.717, 1.165) is 32.5 Å². The Labute approximate surface area is 98.8 Å². The number of nitrogens with one attached hydrogen (secondary N) is 2. The van der Waals surface area contributed by atoms with E-state index in [9.17, 15) is 4.79 Å². The second-order valence-corrected chi connectivity index (χ2v) is 5.04. The van der Waals surface area contributed by atoms with Gasteiger partial charge in [-0.1, -0.05) is 13.8 Å². The van der Waals surface area contributed by atoms with Crippen LogP contribution in [0.1, 0.15) is 26.7 Å². The number of hydrogen-bond donors (Lipinski definition) is 2. The Morgan fingerprint density at radius 1 is 1.38 bits per heavy atom. The summed E-state index contributed by atoms with van der Waals surface area (Å²) in [6.07, 6.45) is 2.29. The molecule has 0 unspecified atom stereocenters. The lowest BCUT2D eigenvalue weighted by molar-refractivity contribution is -0.122. The van der Waals surface area contributed by atoms with Crippen molar-refractivity contribution >= 4 is 5.91 Å². The van der Waals surface area contributed by atoms with E-state index in [4.69, 9.17) is 0 Å². The molecule has 1 aliphatic heterocycles. The van der Waals surface area contributed by atoms with Crippen LogP contribution in [0.2, 0.25) is 0 Å². The summed E-state index contributed by atoms with van der Waals surface area (Å²) in [4.78, 5) is 13.8. The van der Waals surface area contributed by atoms with Crippen molar-refractivity contribution in [2.24, 2.45) is 5.92 Å². The Bertz CT molecular complexity index is 210. The molecule has 0 atom stereocenters. The Morgan fingerprint density at radius 2 is 2.00 bits per heavy atom. The number of carbonyl (C=O) groups excluding carboxylic acids is 1. The second kappa shape index (κ2) is 6.86. The van der Waals surface area contributed by atoms with E-state index in [0.29, 0.717) is 18.5 Å². The lowest BCUT2D eigenvalue weighted by Gasteiger charge is -2.31. The molecule has 0 saturated carbocycles. The largest absolute Gasteiger partial charge is 0.355 e. The van der Waals surface area contributed by atoms with Gasteiger partial charge in [0, 0.05) is 25.7 Å². The molecule has 0 bridgehead atoms. The molecule has 1 amide bonds. The van der Waals surface area contributed by atoms with E-state index in [1.807, 2.05) is 7.05 Å². The summed E-state index contributed by atoms with van der Waals surface area (Å²) >= 11 is 0. The molecule has 0 aromatic carbocycles. The van der Waals surface area contributed by atoms with Crippen LogP contribution in [0.5, 0.6) is 0 Å². The summed E-state index contributed by atoms with van der Waals surface area (Å²) < 4.78 is 0. The third-order valence-electron chi connectivity index (χ3n) is 3.07. The van der Waals surface area contributed by atoms with Crippen molar-refractivity contribution in [3.8, 4) is 0 Å². The number of piperidine rings is 1. The van der Waals surface area contributed by atoms with Crippen molar-refractivity contribution in [3.63, 3.8) is 0 Å². The molecule has 1 rings (SSSR count). The zero-order chi connectivity index (χ0) is 12.0. The van der Waals surface area contributed by atoms with Gasteiger partial charge in [-0.2, -0.15) is 0 Å². The zero-order valence-electron chi connectivity index (χ0n) is 10.8. The molecule has 0 spiro atoms. The average molecular weight is 227 g/mol. The van der Waals surface area contributed by atoms with Crippen molar-refractivity contribution in [2.75, 3.05) is 33.2 Å². The zero-order valence-corrected chi connectivity index (χ0v) is 10.8. The Hall–Kier alpha value is -0.610. The van der Waals surface area contributed by atoms with Crippen molar-refractivity contribution in [1.82, 2.24) is 15.5 Å². The van der Waals surface area contributed by atoms with Gasteiger partial charge in [-0.3, -0.25) is 9.69 Å². The Morgan fingerprint density at radius 3 is 2.50 bits per heavy atom. The van der Waals surface area contributed by atoms with Crippen LogP contribution in [0.4, 0.5) is 0 Å². The SMILES string of the molecule is CNC1CCN(CC(=O)NCC(C)C)CC1. The second-order valence-electron chi connectivity index (χ2n) is 5.04. The van der Waals surface area contributed by atoms with Gasteiger partial charge < -0.3 is 10.6 Å². The minimum absolute atomic E-state index is 0.164. The van der Waals surface area contributed by atoms with E-state index in [-0.39, 0.29) is 5.91 Å². The molecule has 16 heavy (non-hydrogen) atoms. The van der Waals surface area contributed by atoms with Crippen molar-refractivity contribution in [3.05, 3.63) is 0 Å². The van der Waals surface area contributed by atoms with Crippen LogP contribution in [0, 0.1) is 5.92 Å². The Kier molecular flexibility index (Phi) is 5.77. The van der Waals surface area contributed by atoms with Crippen LogP contribution >= 0.6 is 0 Å². The number of carbonyl (C=O) groups is 1. The van der Waals surface area contributed by atoms with Crippen molar-refractivity contribution < 1.29 is 4.79 Å². The quantitative estimate of drug-likeness (QED) is 0.716. The van der Waals surface area contributed by atoms with Crippen LogP contribution in [0.15, 0.2) is 0 Å². The molecular formula is C12H25N3O. The number of likely N-dealkylation sites (tertiary alicyclic amines) is 1. The fourth-order valence-electron chi connectivity index (χ4n) is 1.96. The standard InChI is InChI=1S/C12H25N3O/c1-10(2)8-14-12(16)9-15-6-4-11(13-3)5-7-15/h10-11,13H,4-9H2,1-3H3,(H,14,16). The molecule has 94 valence electrons. The summed E-state index contributed by atoms with van der Waals surface area (Å²) in [6.45, 7) is 7.62. The van der Waals surface area contributed by atoms with Gasteiger partial charge in [-0.05, 0) is 25.8 Å². The van der Waals surface area contributed by atoms with Crippen molar-refractivity contribution in [2.45, 2.75) is 32.7 Å². The molecule has 1 fully saturated rings. The minimum atomic E-state index is 0.164. The first-order valence-corrected chi connectivity index (χ1v) is 6.28. The maximum absolute atomic E-state index is 11.6. The van der Waals surface area contributed by atoms with Gasteiger partial charge in [0.2, 0.25) is 5.91 Å². The van der Waals surface area contributed by atoms with Gasteiger partial charge >= 0.3 is 0 Å². The average Bonchev–Trinajstić information content (AvgIpc) is 2.27. The van der Waals surface area contributed by atoms with E-state index in [1.54, 1.807) is 0 Å². The highest BCUT2D eigenvalue weighted by Crippen LogP contribution is 2.08. The van der Waals surface area contributed by atoms with Gasteiger partial charge in [-0.15, -0.1) is 0 Å². The molecule has 1 aliphatic rings. The van der Waals surface area contributed by atoms with E-state index < -0.39 is 0 Å². The lowest BCUT2D eigenvalue weighted by atomic mass is 10.1. The summed E-state index contributed by atoms with van der Waals surface area (Å²) in [6, 6.07) is 0.634. The van der Waals surface area contributed by atoms with E-state index in [2.05, 4.69) is 29.4 Å². The summed E-state index contributed by atoms with van der Waals surface area (Å²) in [5, 5.41) is 6.25. The van der Waals surface area contributed by atoms with Gasteiger partial charge in [0.15, 0.2) is 0 Å². The molecular weight excluding hydrogens is 202 g/mol. The molecule has 2 N–H and O–H groups in total. The normalized spacial score (nSPS) is 19.0. The van der Waals surface area contributed by atoms with Gasteiger partial charge in [0.05, 0.1) is 6.54 Å². The Balaban J connectivity index is 2.15. The van der Waals surface area contributed by atoms with Gasteiger partial charge in [-0.25, -0.2) is 0 Å². The molecule has 0 aliphatic carbocycles. The predicted octanol–water partition coefficient (Wildman–Crippen LogP) is 0.442. The van der Waals surface area contributed by atoms with Gasteiger partial charge in [0.25, 0.3) is 0 Å². The molecule has 4 heteroatoms. The fourth-order valence-corrected chi connectivity index (χ4v) is 1.96. The number of hydrogen-bond acceptors (Lipinski definition) is 3. The maximum Gasteiger partial charge on any atom is 0.234 e. The van der Waals surface area contributed by atoms with E-state index >= 15 is 0 Å². The third kappa shape index (κ3) is 4.94. The molecule has 0 aromatic rings. The highest BCUT2D eigenvalue weighted by atomic mass is 16.2. The first-order valence-electron chi connectivity index (χ1n) is 6.28. The third-order valence-corrected chi connectivity index (χ3v) is 3.07. The summed E-state index contributed by atoms with van der Waals surface area (Å²) in [7, 11) is 2.01. The first kappa shape index (κ1) is 13.5. The highest BCUT2D eigenvalue weighted by molar-refractivity contribution is 5.78. The maximum atomic E-state index is 11.6. The molecule has 1 saturated heterocycles. The van der Waals surface area contributed by atoms with Gasteiger partial charge in [0.1, 0.15) is 0 Å². The molecule has 4 nitrogen and oxygen atoms in total. The van der Waals surface area contributed by atoms with Crippen molar-refractivity contribution in [1.29, 1.82) is 0 Å². The number of rotatable bonds is 5. The fraction of sp³-hybridized carbons (Fsp3) is 0.917. The van der Waals surface area contributed by atoms with Crippen LogP contribution in [-0.2, 0) is 4.79 Å². The molecule has 0 radical (unpaired) electrons. The topological polar surface area (TPSA) is 44.4 Å². The molecule has 0 aromatic heterocycles. The first-order chi connectivity index (χ1) is 7.61. The summed E-state index contributed by atoms with van der Waals surface area (Å²) in [5.41, 5.74) is 0. The number of amides is 1. The minimum Gasteiger partial charge on any atom is -0.355 e. The summed E-state index contributed by atoms with van der Waals surface area (Å²) in [5.74, 6) is 0.690. The number of nitrogens with zero attached hydrogens (tertiary/aromatic N) is 1. The van der Waals surface area contributed by atoms with E-state index in [1.165, 1.54) is 0 Å². The highest BCUT2D eigenvalue weighted by Gasteiger charge is 2.19. The lowest BCUT2D eigenvalue weighted by Crippen LogP contribution is -2.45. The van der Waals surface area contributed by atoms with Crippen LogP contribution in [0.3, 0.4) is 0 Å². The molecule has 1 heterocycles.